The van der Waals surface area contributed by atoms with Crippen molar-refractivity contribution in [3.63, 3.8) is 0 Å². The molecule has 0 spiro atoms. The Balaban J connectivity index is 2.58. The molecular formula is C12H13BrN2. The second-order valence-electron chi connectivity index (χ2n) is 3.82. The van der Waals surface area contributed by atoms with E-state index in [1.807, 2.05) is 24.4 Å². The number of hydrogen-bond acceptors (Lipinski definition) is 2. The third kappa shape index (κ3) is 2.29. The Morgan fingerprint density at radius 3 is 2.80 bits per heavy atom. The summed E-state index contributed by atoms with van der Waals surface area (Å²) in [6, 6.07) is 8.55. The molecule has 15 heavy (non-hydrogen) atoms. The van der Waals surface area contributed by atoms with E-state index in [0.717, 1.165) is 21.1 Å². The molecule has 2 nitrogen and oxygen atoms in total. The van der Waals surface area contributed by atoms with Crippen molar-refractivity contribution in [1.82, 2.24) is 4.98 Å². The number of pyridine rings is 1. The minimum atomic E-state index is 0.426. The maximum atomic E-state index is 4.33. The number of nitrogens with one attached hydrogen (secondary N) is 1. The fourth-order valence-corrected chi connectivity index (χ4v) is 1.92. The first-order valence-electron chi connectivity index (χ1n) is 4.97. The summed E-state index contributed by atoms with van der Waals surface area (Å²) in [7, 11) is 0. The average Bonchev–Trinajstić information content (AvgIpc) is 2.18. The summed E-state index contributed by atoms with van der Waals surface area (Å²) in [5.41, 5.74) is 2.15. The largest absolute Gasteiger partial charge is 0.382 e. The molecule has 78 valence electrons. The van der Waals surface area contributed by atoms with Crippen molar-refractivity contribution in [3.05, 3.63) is 34.9 Å². The van der Waals surface area contributed by atoms with Crippen LogP contribution in [0.2, 0.25) is 0 Å². The fraction of sp³-hybridized carbons (Fsp3) is 0.250. The van der Waals surface area contributed by atoms with Crippen LogP contribution in [0.15, 0.2) is 34.9 Å². The standard InChI is InChI=1S/C12H13BrN2/c1-8(2)15-12-5-6-14-11-4-3-9(13)7-10(11)12/h3-8H,1-2H3,(H,14,15). The van der Waals surface area contributed by atoms with Crippen molar-refractivity contribution < 1.29 is 0 Å². The molecule has 1 aromatic carbocycles. The van der Waals surface area contributed by atoms with Gasteiger partial charge < -0.3 is 5.32 Å². The highest BCUT2D eigenvalue weighted by atomic mass is 79.9. The van der Waals surface area contributed by atoms with E-state index in [-0.39, 0.29) is 0 Å². The number of anilines is 1. The zero-order valence-electron chi connectivity index (χ0n) is 8.79. The van der Waals surface area contributed by atoms with Gasteiger partial charge in [0.25, 0.3) is 0 Å². The normalized spacial score (nSPS) is 10.9. The zero-order valence-corrected chi connectivity index (χ0v) is 10.4. The lowest BCUT2D eigenvalue weighted by Gasteiger charge is -2.12. The molecule has 1 aromatic heterocycles. The number of halogens is 1. The van der Waals surface area contributed by atoms with Gasteiger partial charge in [0.05, 0.1) is 5.52 Å². The zero-order chi connectivity index (χ0) is 10.8. The van der Waals surface area contributed by atoms with Gasteiger partial charge >= 0.3 is 0 Å². The fourth-order valence-electron chi connectivity index (χ4n) is 1.56. The molecule has 0 atom stereocenters. The number of aromatic nitrogens is 1. The Morgan fingerprint density at radius 1 is 1.27 bits per heavy atom. The summed E-state index contributed by atoms with van der Waals surface area (Å²) < 4.78 is 1.08. The predicted octanol–water partition coefficient (Wildman–Crippen LogP) is 3.82. The SMILES string of the molecule is CC(C)Nc1ccnc2ccc(Br)cc12. The highest BCUT2D eigenvalue weighted by Crippen LogP contribution is 2.25. The second kappa shape index (κ2) is 4.19. The first-order valence-corrected chi connectivity index (χ1v) is 5.77. The van der Waals surface area contributed by atoms with Gasteiger partial charge in [-0.15, -0.1) is 0 Å². The summed E-state index contributed by atoms with van der Waals surface area (Å²) in [5, 5.41) is 4.57. The maximum Gasteiger partial charge on any atom is 0.0723 e. The van der Waals surface area contributed by atoms with Crippen molar-refractivity contribution in [2.45, 2.75) is 19.9 Å². The molecule has 1 heterocycles. The molecule has 0 bridgehead atoms. The molecule has 0 aliphatic carbocycles. The van der Waals surface area contributed by atoms with Crippen molar-refractivity contribution in [2.24, 2.45) is 0 Å². The van der Waals surface area contributed by atoms with Crippen LogP contribution in [0.3, 0.4) is 0 Å². The van der Waals surface area contributed by atoms with Gasteiger partial charge in [0.1, 0.15) is 0 Å². The Labute approximate surface area is 97.8 Å². The molecular weight excluding hydrogens is 252 g/mol. The lowest BCUT2D eigenvalue weighted by molar-refractivity contribution is 0.901. The third-order valence-electron chi connectivity index (χ3n) is 2.15. The van der Waals surface area contributed by atoms with Gasteiger partial charge in [-0.25, -0.2) is 0 Å². The molecule has 0 fully saturated rings. The van der Waals surface area contributed by atoms with Crippen LogP contribution in [-0.4, -0.2) is 11.0 Å². The van der Waals surface area contributed by atoms with Gasteiger partial charge in [0.15, 0.2) is 0 Å². The predicted molar refractivity (Wildman–Crippen MR) is 68.2 cm³/mol. The summed E-state index contributed by atoms with van der Waals surface area (Å²) in [5.74, 6) is 0. The molecule has 1 N–H and O–H groups in total. The lowest BCUT2D eigenvalue weighted by Crippen LogP contribution is -2.09. The minimum Gasteiger partial charge on any atom is -0.382 e. The molecule has 0 saturated carbocycles. The number of nitrogens with zero attached hydrogens (tertiary/aromatic N) is 1. The van der Waals surface area contributed by atoms with E-state index >= 15 is 0 Å². The van der Waals surface area contributed by atoms with Gasteiger partial charge in [0.2, 0.25) is 0 Å². The Bertz CT molecular complexity index is 480. The van der Waals surface area contributed by atoms with Crippen LogP contribution in [0, 0.1) is 0 Å². The average molecular weight is 265 g/mol. The Kier molecular flexibility index (Phi) is 2.91. The Morgan fingerprint density at radius 2 is 2.07 bits per heavy atom. The first-order chi connectivity index (χ1) is 7.16. The monoisotopic (exact) mass is 264 g/mol. The topological polar surface area (TPSA) is 24.9 Å². The van der Waals surface area contributed by atoms with E-state index < -0.39 is 0 Å². The van der Waals surface area contributed by atoms with Crippen LogP contribution < -0.4 is 5.32 Å². The summed E-state index contributed by atoms with van der Waals surface area (Å²) in [6.07, 6.45) is 1.83. The van der Waals surface area contributed by atoms with Crippen LogP contribution in [0.5, 0.6) is 0 Å². The van der Waals surface area contributed by atoms with Crippen LogP contribution in [0.25, 0.3) is 10.9 Å². The molecule has 0 amide bonds. The molecule has 3 heteroatoms. The van der Waals surface area contributed by atoms with Gasteiger partial charge in [0, 0.05) is 27.8 Å². The van der Waals surface area contributed by atoms with E-state index in [1.165, 1.54) is 0 Å². The van der Waals surface area contributed by atoms with Gasteiger partial charge in [-0.1, -0.05) is 15.9 Å². The first kappa shape index (κ1) is 10.4. The molecule has 0 aliphatic heterocycles. The molecule has 0 radical (unpaired) electrons. The van der Waals surface area contributed by atoms with Crippen molar-refractivity contribution in [1.29, 1.82) is 0 Å². The molecule has 0 saturated heterocycles. The number of hydrogen-bond donors (Lipinski definition) is 1. The van der Waals surface area contributed by atoms with Gasteiger partial charge in [-0.3, -0.25) is 4.98 Å². The molecule has 2 rings (SSSR count). The Hall–Kier alpha value is -1.09. The quantitative estimate of drug-likeness (QED) is 0.892. The van der Waals surface area contributed by atoms with E-state index in [1.54, 1.807) is 0 Å². The van der Waals surface area contributed by atoms with Crippen LogP contribution in [0.1, 0.15) is 13.8 Å². The van der Waals surface area contributed by atoms with Gasteiger partial charge in [-0.05, 0) is 38.1 Å². The molecule has 0 aliphatic rings. The van der Waals surface area contributed by atoms with E-state index in [9.17, 15) is 0 Å². The van der Waals surface area contributed by atoms with Crippen molar-refractivity contribution in [3.8, 4) is 0 Å². The minimum absolute atomic E-state index is 0.426. The van der Waals surface area contributed by atoms with E-state index in [2.05, 4.69) is 46.1 Å². The van der Waals surface area contributed by atoms with Crippen molar-refractivity contribution in [2.75, 3.05) is 5.32 Å². The number of rotatable bonds is 2. The smallest absolute Gasteiger partial charge is 0.0723 e. The second-order valence-corrected chi connectivity index (χ2v) is 4.73. The summed E-state index contributed by atoms with van der Waals surface area (Å²) in [6.45, 7) is 4.26. The number of benzene rings is 1. The lowest BCUT2D eigenvalue weighted by atomic mass is 10.2. The highest BCUT2D eigenvalue weighted by molar-refractivity contribution is 9.10. The summed E-state index contributed by atoms with van der Waals surface area (Å²) >= 11 is 3.48. The third-order valence-corrected chi connectivity index (χ3v) is 2.64. The molecule has 0 unspecified atom stereocenters. The van der Waals surface area contributed by atoms with Crippen molar-refractivity contribution >= 4 is 32.5 Å². The highest BCUT2D eigenvalue weighted by Gasteiger charge is 2.03. The molecule has 2 aromatic rings. The van der Waals surface area contributed by atoms with E-state index in [4.69, 9.17) is 0 Å². The van der Waals surface area contributed by atoms with Crippen LogP contribution in [0.4, 0.5) is 5.69 Å². The number of fused-ring (bicyclic) bond motifs is 1. The van der Waals surface area contributed by atoms with Crippen LogP contribution >= 0.6 is 15.9 Å². The maximum absolute atomic E-state index is 4.33. The summed E-state index contributed by atoms with van der Waals surface area (Å²) in [4.78, 5) is 4.33. The van der Waals surface area contributed by atoms with Gasteiger partial charge in [-0.2, -0.15) is 0 Å². The van der Waals surface area contributed by atoms with Crippen LogP contribution in [-0.2, 0) is 0 Å². The van der Waals surface area contributed by atoms with E-state index in [0.29, 0.717) is 6.04 Å².